The Morgan fingerprint density at radius 2 is 1.78 bits per heavy atom. The third kappa shape index (κ3) is 3.03. The van der Waals surface area contributed by atoms with Crippen LogP contribution in [0.1, 0.15) is 10.5 Å². The van der Waals surface area contributed by atoms with Gasteiger partial charge in [0.25, 0.3) is 11.8 Å². The number of anilines is 1. The van der Waals surface area contributed by atoms with Crippen LogP contribution < -0.4 is 10.2 Å². The van der Waals surface area contributed by atoms with E-state index < -0.39 is 29.7 Å². The molecule has 2 heterocycles. The number of para-hydroxylation sites is 2. The maximum atomic E-state index is 12.8. The average molecular weight is 363 g/mol. The summed E-state index contributed by atoms with van der Waals surface area (Å²) in [5, 5.41) is 13.0. The van der Waals surface area contributed by atoms with Crippen molar-refractivity contribution in [3.63, 3.8) is 0 Å². The first-order chi connectivity index (χ1) is 13.0. The lowest BCUT2D eigenvalue weighted by Gasteiger charge is -2.16. The Balaban J connectivity index is 1.59. The molecule has 1 fully saturated rings. The molecule has 1 aromatic heterocycles. The van der Waals surface area contributed by atoms with Gasteiger partial charge in [0, 0.05) is 23.1 Å². The molecule has 0 radical (unpaired) electrons. The van der Waals surface area contributed by atoms with Crippen LogP contribution in [-0.2, 0) is 9.59 Å². The van der Waals surface area contributed by atoms with E-state index in [1.807, 2.05) is 30.3 Å². The van der Waals surface area contributed by atoms with Crippen molar-refractivity contribution >= 4 is 34.4 Å². The van der Waals surface area contributed by atoms with E-state index in [0.717, 1.165) is 10.9 Å². The van der Waals surface area contributed by atoms with E-state index in [4.69, 9.17) is 0 Å². The Bertz CT molecular complexity index is 995. The Hall–Kier alpha value is -3.61. The number of benzene rings is 2. The molecule has 3 N–H and O–H groups in total. The smallest absolute Gasteiger partial charge is 0.310 e. The van der Waals surface area contributed by atoms with Crippen LogP contribution in [0.15, 0.2) is 60.7 Å². The summed E-state index contributed by atoms with van der Waals surface area (Å²) in [7, 11) is 0. The Morgan fingerprint density at radius 1 is 1.07 bits per heavy atom. The van der Waals surface area contributed by atoms with Crippen molar-refractivity contribution in [3.8, 4) is 0 Å². The number of aromatic nitrogens is 1. The Morgan fingerprint density at radius 3 is 2.48 bits per heavy atom. The molecule has 27 heavy (non-hydrogen) atoms. The summed E-state index contributed by atoms with van der Waals surface area (Å²) in [5.41, 5.74) is 1.68. The number of carboxylic acid groups (broad SMARTS) is 1. The molecule has 7 nitrogen and oxygen atoms in total. The molecule has 0 spiro atoms. The molecular weight excluding hydrogens is 346 g/mol. The number of carbonyl (C=O) groups excluding carboxylic acids is 2. The maximum absolute atomic E-state index is 12.8. The van der Waals surface area contributed by atoms with Crippen molar-refractivity contribution in [1.29, 1.82) is 0 Å². The summed E-state index contributed by atoms with van der Waals surface area (Å²) in [5.74, 6) is -3.08. The zero-order valence-corrected chi connectivity index (χ0v) is 14.3. The van der Waals surface area contributed by atoms with Gasteiger partial charge in [-0.15, -0.1) is 0 Å². The molecular formula is C20H17N3O4. The minimum absolute atomic E-state index is 0.00975. The molecule has 0 bridgehead atoms. The number of carboxylic acids is 1. The fourth-order valence-electron chi connectivity index (χ4n) is 3.37. The van der Waals surface area contributed by atoms with E-state index >= 15 is 0 Å². The number of carbonyl (C=O) groups is 3. The standard InChI is InChI=1S/C20H17N3O4/c24-18(16-10-12-6-4-5-9-15(12)21-16)22-17-14(20(26)27)11-23(19(17)25)13-7-2-1-3-8-13/h1-10,14,17,21H,11H2,(H,22,24)(H,26,27)/t14-,17-/m0/s1. The minimum Gasteiger partial charge on any atom is -0.481 e. The highest BCUT2D eigenvalue weighted by molar-refractivity contribution is 6.07. The number of aromatic amines is 1. The van der Waals surface area contributed by atoms with Crippen molar-refractivity contribution in [2.24, 2.45) is 5.92 Å². The second-order valence-electron chi connectivity index (χ2n) is 6.45. The summed E-state index contributed by atoms with van der Waals surface area (Å²) in [4.78, 5) is 41.5. The number of amides is 2. The van der Waals surface area contributed by atoms with Gasteiger partial charge in [-0.25, -0.2) is 0 Å². The van der Waals surface area contributed by atoms with Crippen molar-refractivity contribution in [1.82, 2.24) is 10.3 Å². The summed E-state index contributed by atoms with van der Waals surface area (Å²) >= 11 is 0. The second-order valence-corrected chi connectivity index (χ2v) is 6.45. The van der Waals surface area contributed by atoms with Crippen molar-refractivity contribution in [2.75, 3.05) is 11.4 Å². The van der Waals surface area contributed by atoms with Gasteiger partial charge in [0.05, 0.1) is 0 Å². The van der Waals surface area contributed by atoms with Gasteiger partial charge in [-0.2, -0.15) is 0 Å². The molecule has 2 amide bonds. The number of aliphatic carboxylic acids is 1. The zero-order chi connectivity index (χ0) is 19.0. The molecule has 136 valence electrons. The molecule has 7 heteroatoms. The number of fused-ring (bicyclic) bond motifs is 1. The quantitative estimate of drug-likeness (QED) is 0.660. The predicted molar refractivity (Wildman–Crippen MR) is 99.5 cm³/mol. The third-order valence-electron chi connectivity index (χ3n) is 4.76. The van der Waals surface area contributed by atoms with Gasteiger partial charge < -0.3 is 20.3 Å². The fraction of sp³-hybridized carbons (Fsp3) is 0.150. The van der Waals surface area contributed by atoms with Gasteiger partial charge in [0.2, 0.25) is 0 Å². The lowest BCUT2D eigenvalue weighted by atomic mass is 10.0. The fourth-order valence-corrected chi connectivity index (χ4v) is 3.37. The topological polar surface area (TPSA) is 102 Å². The van der Waals surface area contributed by atoms with Crippen molar-refractivity contribution in [2.45, 2.75) is 6.04 Å². The summed E-state index contributed by atoms with van der Waals surface area (Å²) < 4.78 is 0. The summed E-state index contributed by atoms with van der Waals surface area (Å²) in [6.45, 7) is 0.00975. The first-order valence-electron chi connectivity index (χ1n) is 8.52. The molecule has 2 aromatic carbocycles. The molecule has 1 aliphatic rings. The van der Waals surface area contributed by atoms with Gasteiger partial charge in [-0.3, -0.25) is 14.4 Å². The minimum atomic E-state index is -1.12. The highest BCUT2D eigenvalue weighted by Gasteiger charge is 2.46. The number of rotatable bonds is 4. The van der Waals surface area contributed by atoms with E-state index in [1.54, 1.807) is 30.3 Å². The summed E-state index contributed by atoms with van der Waals surface area (Å²) in [6, 6.07) is 16.8. The summed E-state index contributed by atoms with van der Waals surface area (Å²) in [6.07, 6.45) is 0. The molecule has 0 unspecified atom stereocenters. The number of hydrogen-bond donors (Lipinski definition) is 3. The average Bonchev–Trinajstić information content (AvgIpc) is 3.24. The second kappa shape index (κ2) is 6.60. The monoisotopic (exact) mass is 363 g/mol. The number of H-pyrrole nitrogens is 1. The lowest BCUT2D eigenvalue weighted by molar-refractivity contribution is -0.142. The molecule has 2 atom stereocenters. The van der Waals surface area contributed by atoms with Crippen LogP contribution in [0.2, 0.25) is 0 Å². The van der Waals surface area contributed by atoms with E-state index in [2.05, 4.69) is 10.3 Å². The number of hydrogen-bond acceptors (Lipinski definition) is 3. The third-order valence-corrected chi connectivity index (χ3v) is 4.76. The Kier molecular flexibility index (Phi) is 4.12. The Labute approximate surface area is 154 Å². The largest absolute Gasteiger partial charge is 0.481 e. The van der Waals surface area contributed by atoms with Gasteiger partial charge >= 0.3 is 5.97 Å². The van der Waals surface area contributed by atoms with E-state index in [-0.39, 0.29) is 12.2 Å². The highest BCUT2D eigenvalue weighted by atomic mass is 16.4. The van der Waals surface area contributed by atoms with Gasteiger partial charge in [-0.1, -0.05) is 36.4 Å². The van der Waals surface area contributed by atoms with Crippen LogP contribution >= 0.6 is 0 Å². The molecule has 1 aliphatic heterocycles. The van der Waals surface area contributed by atoms with E-state index in [1.165, 1.54) is 4.90 Å². The van der Waals surface area contributed by atoms with Gasteiger partial charge in [-0.05, 0) is 24.3 Å². The number of nitrogens with one attached hydrogen (secondary N) is 2. The zero-order valence-electron chi connectivity index (χ0n) is 14.3. The number of nitrogens with zero attached hydrogens (tertiary/aromatic N) is 1. The van der Waals surface area contributed by atoms with E-state index in [0.29, 0.717) is 5.69 Å². The molecule has 0 saturated carbocycles. The molecule has 3 aromatic rings. The molecule has 1 saturated heterocycles. The molecule has 0 aliphatic carbocycles. The van der Waals surface area contributed by atoms with Gasteiger partial charge in [0.15, 0.2) is 0 Å². The maximum Gasteiger partial charge on any atom is 0.310 e. The SMILES string of the molecule is O=C(N[C@@H]1C(=O)N(c2ccccc2)C[C@@H]1C(=O)O)c1cc2ccccc2[nH]1. The van der Waals surface area contributed by atoms with E-state index in [9.17, 15) is 19.5 Å². The van der Waals surface area contributed by atoms with Gasteiger partial charge in [0.1, 0.15) is 17.7 Å². The van der Waals surface area contributed by atoms with Crippen molar-refractivity contribution < 1.29 is 19.5 Å². The van der Waals surface area contributed by atoms with Crippen LogP contribution in [0.25, 0.3) is 10.9 Å². The lowest BCUT2D eigenvalue weighted by Crippen LogP contribution is -2.46. The molecule has 4 rings (SSSR count). The van der Waals surface area contributed by atoms with Crippen LogP contribution in [-0.4, -0.2) is 40.5 Å². The van der Waals surface area contributed by atoms with Crippen LogP contribution in [0.3, 0.4) is 0 Å². The van der Waals surface area contributed by atoms with Crippen LogP contribution in [0, 0.1) is 5.92 Å². The van der Waals surface area contributed by atoms with Crippen LogP contribution in [0.5, 0.6) is 0 Å². The normalized spacial score (nSPS) is 19.4. The highest BCUT2D eigenvalue weighted by Crippen LogP contribution is 2.26. The first-order valence-corrected chi connectivity index (χ1v) is 8.52. The van der Waals surface area contributed by atoms with Crippen LogP contribution in [0.4, 0.5) is 5.69 Å². The predicted octanol–water partition coefficient (Wildman–Crippen LogP) is 2.01. The van der Waals surface area contributed by atoms with Crippen molar-refractivity contribution in [3.05, 3.63) is 66.4 Å². The first kappa shape index (κ1) is 16.8.